The Hall–Kier alpha value is -2.89. The summed E-state index contributed by atoms with van der Waals surface area (Å²) in [5, 5.41) is 6.03. The summed E-state index contributed by atoms with van der Waals surface area (Å²) in [5.74, 6) is 0.235. The van der Waals surface area contributed by atoms with Gasteiger partial charge >= 0.3 is 0 Å². The molecular weight excluding hydrogens is 414 g/mol. The average Bonchev–Trinajstić information content (AvgIpc) is 3.52. The highest BCUT2D eigenvalue weighted by molar-refractivity contribution is 6.05. The summed E-state index contributed by atoms with van der Waals surface area (Å²) >= 11 is 0. The van der Waals surface area contributed by atoms with Crippen LogP contribution in [0.3, 0.4) is 0 Å². The van der Waals surface area contributed by atoms with Crippen LogP contribution in [0.25, 0.3) is 0 Å². The first-order valence-corrected chi connectivity index (χ1v) is 12.1. The van der Waals surface area contributed by atoms with Gasteiger partial charge in [0.15, 0.2) is 5.78 Å². The summed E-state index contributed by atoms with van der Waals surface area (Å²) in [6.45, 7) is 7.90. The minimum absolute atomic E-state index is 0.0776. The normalized spacial score (nSPS) is 18.8. The quantitative estimate of drug-likeness (QED) is 0.548. The van der Waals surface area contributed by atoms with Crippen LogP contribution in [-0.2, 0) is 11.2 Å². The van der Waals surface area contributed by atoms with Crippen molar-refractivity contribution in [2.45, 2.75) is 78.3 Å². The summed E-state index contributed by atoms with van der Waals surface area (Å²) in [5.41, 5.74) is 3.45. The molecule has 2 amide bonds. The lowest BCUT2D eigenvalue weighted by molar-refractivity contribution is -0.123. The molecule has 0 saturated heterocycles. The molecule has 2 atom stereocenters. The predicted molar refractivity (Wildman–Crippen MR) is 128 cm³/mol. The molecule has 4 rings (SSSR count). The number of amides is 2. The van der Waals surface area contributed by atoms with Crippen molar-refractivity contribution in [3.05, 3.63) is 58.4 Å². The maximum absolute atomic E-state index is 13.2. The van der Waals surface area contributed by atoms with E-state index in [-0.39, 0.29) is 29.1 Å². The van der Waals surface area contributed by atoms with Crippen LogP contribution in [0.2, 0.25) is 0 Å². The van der Waals surface area contributed by atoms with Crippen molar-refractivity contribution < 1.29 is 14.4 Å². The summed E-state index contributed by atoms with van der Waals surface area (Å²) in [4.78, 5) is 42.3. The highest BCUT2D eigenvalue weighted by Gasteiger charge is 2.36. The van der Waals surface area contributed by atoms with Gasteiger partial charge in [0.2, 0.25) is 5.91 Å². The number of ketones is 1. The predicted octanol–water partition coefficient (Wildman–Crippen LogP) is 4.64. The second kappa shape index (κ2) is 9.16. The Morgan fingerprint density at radius 1 is 1.12 bits per heavy atom. The molecule has 1 saturated carbocycles. The van der Waals surface area contributed by atoms with Gasteiger partial charge in [-0.05, 0) is 55.6 Å². The van der Waals surface area contributed by atoms with E-state index in [4.69, 9.17) is 0 Å². The van der Waals surface area contributed by atoms with Crippen molar-refractivity contribution in [1.29, 1.82) is 0 Å². The molecule has 1 aromatic carbocycles. The van der Waals surface area contributed by atoms with E-state index in [2.05, 4.69) is 29.5 Å². The number of hydrogen-bond donors (Lipinski definition) is 3. The van der Waals surface area contributed by atoms with Crippen molar-refractivity contribution >= 4 is 17.6 Å². The summed E-state index contributed by atoms with van der Waals surface area (Å²) in [7, 11) is 0. The van der Waals surface area contributed by atoms with E-state index >= 15 is 0 Å². The van der Waals surface area contributed by atoms with E-state index in [0.29, 0.717) is 35.6 Å². The number of hydrogen-bond acceptors (Lipinski definition) is 3. The van der Waals surface area contributed by atoms with Crippen molar-refractivity contribution in [3.8, 4) is 0 Å². The molecule has 1 aromatic heterocycles. The van der Waals surface area contributed by atoms with Crippen LogP contribution in [0.1, 0.15) is 96.6 Å². The van der Waals surface area contributed by atoms with Gasteiger partial charge in [-0.15, -0.1) is 0 Å². The Kier molecular flexibility index (Phi) is 6.46. The molecule has 0 spiro atoms. The molecule has 3 N–H and O–H groups in total. The van der Waals surface area contributed by atoms with Gasteiger partial charge in [-0.1, -0.05) is 57.0 Å². The lowest BCUT2D eigenvalue weighted by atomic mass is 9.75. The summed E-state index contributed by atoms with van der Waals surface area (Å²) < 4.78 is 0. The van der Waals surface area contributed by atoms with Crippen LogP contribution in [0.5, 0.6) is 0 Å². The second-order valence-electron chi connectivity index (χ2n) is 10.6. The maximum Gasteiger partial charge on any atom is 0.268 e. The van der Waals surface area contributed by atoms with E-state index in [0.717, 1.165) is 24.1 Å². The van der Waals surface area contributed by atoms with Crippen molar-refractivity contribution in [2.24, 2.45) is 11.3 Å². The van der Waals surface area contributed by atoms with Gasteiger partial charge in [-0.3, -0.25) is 14.4 Å². The van der Waals surface area contributed by atoms with E-state index in [1.165, 1.54) is 12.8 Å². The Morgan fingerprint density at radius 2 is 1.82 bits per heavy atom. The van der Waals surface area contributed by atoms with Gasteiger partial charge in [0, 0.05) is 17.7 Å². The zero-order chi connectivity index (χ0) is 23.8. The number of benzene rings is 1. The minimum Gasteiger partial charge on any atom is -0.354 e. The van der Waals surface area contributed by atoms with Crippen molar-refractivity contribution in [1.82, 2.24) is 15.6 Å². The highest BCUT2D eigenvalue weighted by Crippen LogP contribution is 2.37. The minimum atomic E-state index is -0.615. The van der Waals surface area contributed by atoms with E-state index in [1.54, 1.807) is 0 Å². The van der Waals surface area contributed by atoms with Crippen LogP contribution in [0.4, 0.5) is 0 Å². The molecule has 1 heterocycles. The number of fused-ring (bicyclic) bond motifs is 1. The lowest BCUT2D eigenvalue weighted by Gasteiger charge is -2.28. The fraction of sp³-hybridized carbons (Fsp3) is 0.519. The molecule has 1 fully saturated rings. The third-order valence-corrected chi connectivity index (χ3v) is 6.97. The first kappa shape index (κ1) is 23.3. The largest absolute Gasteiger partial charge is 0.354 e. The van der Waals surface area contributed by atoms with E-state index in [1.807, 2.05) is 44.2 Å². The molecule has 2 aliphatic carbocycles. The maximum atomic E-state index is 13.2. The number of aromatic amines is 1. The number of Topliss-reactive ketones (excluding diaryl/α,β-unsaturated/α-hetero) is 1. The van der Waals surface area contributed by atoms with Gasteiger partial charge in [-0.2, -0.15) is 0 Å². The van der Waals surface area contributed by atoms with Crippen LogP contribution < -0.4 is 10.6 Å². The summed E-state index contributed by atoms with van der Waals surface area (Å²) in [6, 6.07) is 9.03. The standard InChI is InChI=1S/C27H35N3O3/c1-16-23-21(14-27(3,4)15-22(23)31)29-24(16)26(33)30-20(13-12-18-10-11-18)25(32)28-17(2)19-8-6-5-7-9-19/h5-9,17-18,20,29H,10-15H2,1-4H3,(H,28,32)(H,30,33)/t17-,20-/m0/s1. The lowest BCUT2D eigenvalue weighted by Crippen LogP contribution is -2.47. The third-order valence-electron chi connectivity index (χ3n) is 6.97. The topological polar surface area (TPSA) is 91.1 Å². The number of rotatable bonds is 8. The Labute approximate surface area is 195 Å². The molecule has 2 aliphatic rings. The number of H-pyrrole nitrogens is 1. The number of carbonyl (C=O) groups excluding carboxylic acids is 3. The highest BCUT2D eigenvalue weighted by atomic mass is 16.2. The average molecular weight is 450 g/mol. The Bertz CT molecular complexity index is 1050. The van der Waals surface area contributed by atoms with Crippen LogP contribution >= 0.6 is 0 Å². The van der Waals surface area contributed by atoms with Crippen LogP contribution in [0.15, 0.2) is 30.3 Å². The van der Waals surface area contributed by atoms with E-state index in [9.17, 15) is 14.4 Å². The van der Waals surface area contributed by atoms with Crippen LogP contribution in [0, 0.1) is 18.3 Å². The Balaban J connectivity index is 1.50. The Morgan fingerprint density at radius 3 is 2.48 bits per heavy atom. The van der Waals surface area contributed by atoms with Gasteiger partial charge in [0.05, 0.1) is 6.04 Å². The molecule has 0 bridgehead atoms. The molecule has 6 nitrogen and oxygen atoms in total. The SMILES string of the molecule is Cc1c(C(=O)N[C@@H](CCC2CC2)C(=O)N[C@@H](C)c2ccccc2)[nH]c2c1C(=O)CC(C)(C)C2. The molecule has 176 valence electrons. The molecule has 0 radical (unpaired) electrons. The van der Waals surface area contributed by atoms with Crippen molar-refractivity contribution in [3.63, 3.8) is 0 Å². The smallest absolute Gasteiger partial charge is 0.268 e. The zero-order valence-corrected chi connectivity index (χ0v) is 20.1. The fourth-order valence-electron chi connectivity index (χ4n) is 4.91. The first-order valence-electron chi connectivity index (χ1n) is 12.1. The first-order chi connectivity index (χ1) is 15.6. The molecule has 6 heteroatoms. The molecule has 0 unspecified atom stereocenters. The van der Waals surface area contributed by atoms with Gasteiger partial charge in [0.25, 0.3) is 5.91 Å². The summed E-state index contributed by atoms with van der Waals surface area (Å²) in [6.07, 6.45) is 5.12. The van der Waals surface area contributed by atoms with Gasteiger partial charge in [0.1, 0.15) is 11.7 Å². The third kappa shape index (κ3) is 5.37. The number of aromatic nitrogens is 1. The molecule has 2 aromatic rings. The number of nitrogens with one attached hydrogen (secondary N) is 3. The molecule has 0 aliphatic heterocycles. The monoisotopic (exact) mass is 449 g/mol. The number of carbonyl (C=O) groups is 3. The van der Waals surface area contributed by atoms with Crippen LogP contribution in [-0.4, -0.2) is 28.6 Å². The molecule has 33 heavy (non-hydrogen) atoms. The van der Waals surface area contributed by atoms with Gasteiger partial charge in [-0.25, -0.2) is 0 Å². The second-order valence-corrected chi connectivity index (χ2v) is 10.6. The fourth-order valence-corrected chi connectivity index (χ4v) is 4.91. The molecular formula is C27H35N3O3. The zero-order valence-electron chi connectivity index (χ0n) is 20.1. The van der Waals surface area contributed by atoms with Crippen molar-refractivity contribution in [2.75, 3.05) is 0 Å². The van der Waals surface area contributed by atoms with Gasteiger partial charge < -0.3 is 15.6 Å². The van der Waals surface area contributed by atoms with E-state index < -0.39 is 6.04 Å².